The molecule has 2 aromatic carbocycles. The second-order valence-electron chi connectivity index (χ2n) is 7.90. The average Bonchev–Trinajstić information content (AvgIpc) is 3.08. The molecule has 32 heavy (non-hydrogen) atoms. The number of hydrogen-bond acceptors (Lipinski definition) is 3. The van der Waals surface area contributed by atoms with Gasteiger partial charge in [-0.2, -0.15) is 0 Å². The molecule has 0 heterocycles. The van der Waals surface area contributed by atoms with Crippen molar-refractivity contribution in [1.29, 1.82) is 0 Å². The number of allylic oxidation sites excluding steroid dienone is 2. The Morgan fingerprint density at radius 1 is 1.12 bits per heavy atom. The summed E-state index contributed by atoms with van der Waals surface area (Å²) >= 11 is 5.85. The van der Waals surface area contributed by atoms with E-state index in [1.807, 2.05) is 12.1 Å². The van der Waals surface area contributed by atoms with Crippen molar-refractivity contribution in [2.45, 2.75) is 49.3 Å². The third-order valence-corrected chi connectivity index (χ3v) is 7.47. The van der Waals surface area contributed by atoms with Crippen molar-refractivity contribution in [1.82, 2.24) is 4.72 Å². The van der Waals surface area contributed by atoms with Crippen LogP contribution in [0.25, 0.3) is 0 Å². The Kier molecular flexibility index (Phi) is 10.9. The van der Waals surface area contributed by atoms with Gasteiger partial charge in [0.15, 0.2) is 0 Å². The number of carbonyl (C=O) groups is 1. The Morgan fingerprint density at radius 3 is 2.56 bits per heavy atom. The molecule has 2 unspecified atom stereocenters. The van der Waals surface area contributed by atoms with Gasteiger partial charge in [0, 0.05) is 18.0 Å². The summed E-state index contributed by atoms with van der Waals surface area (Å²) < 4.78 is 27.8. The quantitative estimate of drug-likeness (QED) is 0.278. The number of carboxylic acid groups (broad SMARTS) is 1. The van der Waals surface area contributed by atoms with Gasteiger partial charge in [0.05, 0.1) is 4.90 Å². The van der Waals surface area contributed by atoms with E-state index >= 15 is 0 Å². The zero-order valence-corrected chi connectivity index (χ0v) is 18.9. The zero-order valence-electron chi connectivity index (χ0n) is 17.3. The van der Waals surface area contributed by atoms with Crippen LogP contribution in [0.3, 0.4) is 0 Å². The minimum atomic E-state index is -3.57. The van der Waals surface area contributed by atoms with Gasteiger partial charge in [-0.15, -0.1) is 0 Å². The molecule has 1 aliphatic carbocycles. The van der Waals surface area contributed by atoms with Crippen LogP contribution in [0.4, 0.5) is 0 Å². The molecule has 0 aliphatic heterocycles. The predicted octanol–water partition coefficient (Wildman–Crippen LogP) is 4.52. The van der Waals surface area contributed by atoms with E-state index in [0.29, 0.717) is 23.9 Å². The first-order valence-corrected chi connectivity index (χ1v) is 12.4. The van der Waals surface area contributed by atoms with E-state index in [0.717, 1.165) is 25.7 Å². The Bertz CT molecular complexity index is 1020. The van der Waals surface area contributed by atoms with E-state index in [9.17, 15) is 13.2 Å². The Hall–Kier alpha value is -1.15. The molecule has 0 spiro atoms. The number of carboxylic acids is 1. The molecule has 1 aliphatic rings. The van der Waals surface area contributed by atoms with Crippen LogP contribution in [-0.4, -0.2) is 55.6 Å². The van der Waals surface area contributed by atoms with Crippen LogP contribution in [0.1, 0.15) is 49.1 Å². The fourth-order valence-corrected chi connectivity index (χ4v) is 5.38. The van der Waals surface area contributed by atoms with E-state index in [4.69, 9.17) is 16.7 Å². The fourth-order valence-electron chi connectivity index (χ4n) is 4.21. The van der Waals surface area contributed by atoms with Gasteiger partial charge in [-0.1, -0.05) is 48.0 Å². The third kappa shape index (κ3) is 7.72. The molecular formula is C24H29ClNNaO4S. The Labute approximate surface area is 217 Å². The second-order valence-corrected chi connectivity index (χ2v) is 10.1. The number of benzene rings is 2. The number of rotatable bonds is 11. The van der Waals surface area contributed by atoms with Crippen LogP contribution in [0, 0.1) is 5.92 Å². The van der Waals surface area contributed by atoms with Crippen LogP contribution < -0.4 is 4.72 Å². The second kappa shape index (κ2) is 12.9. The molecule has 0 saturated carbocycles. The van der Waals surface area contributed by atoms with Gasteiger partial charge < -0.3 is 5.11 Å². The fraction of sp³-hybridized carbons (Fsp3) is 0.375. The standard InChI is InChI=1S/C24H28ClNO4S.Na.H/c25-20-11-13-21(14-12-20)31(29,30)26-16-15-23-19(7-3-1-2-4-10-24(27)28)17-18-8-5-6-9-22(18)23;;/h1,3,5-6,8-9,11-14,19,23,26H,2,4,7,10,15-17H2,(H,27,28);;/b3-1-;;. The first kappa shape index (κ1) is 27.1. The molecule has 2 N–H and O–H groups in total. The Morgan fingerprint density at radius 2 is 1.84 bits per heavy atom. The molecule has 2 aromatic rings. The van der Waals surface area contributed by atoms with Crippen molar-refractivity contribution in [3.8, 4) is 0 Å². The summed E-state index contributed by atoms with van der Waals surface area (Å²) in [6.45, 7) is 0.364. The van der Waals surface area contributed by atoms with Gasteiger partial charge in [0.1, 0.15) is 0 Å². The maximum atomic E-state index is 12.6. The predicted molar refractivity (Wildman–Crippen MR) is 130 cm³/mol. The number of nitrogens with one attached hydrogen (secondary N) is 1. The number of unbranched alkanes of at least 4 members (excludes halogenated alkanes) is 1. The molecule has 3 rings (SSSR count). The number of aliphatic carboxylic acids is 1. The first-order chi connectivity index (χ1) is 14.9. The molecule has 0 aromatic heterocycles. The molecule has 5 nitrogen and oxygen atoms in total. The molecule has 0 bridgehead atoms. The van der Waals surface area contributed by atoms with E-state index in [1.165, 1.54) is 23.3 Å². The first-order valence-electron chi connectivity index (χ1n) is 10.6. The average molecular weight is 486 g/mol. The van der Waals surface area contributed by atoms with Gasteiger partial charge in [-0.3, -0.25) is 4.79 Å². The van der Waals surface area contributed by atoms with Gasteiger partial charge in [0.2, 0.25) is 10.0 Å². The number of hydrogen-bond donors (Lipinski definition) is 2. The molecule has 0 saturated heterocycles. The number of fused-ring (bicyclic) bond motifs is 1. The van der Waals surface area contributed by atoms with Gasteiger partial charge >= 0.3 is 35.5 Å². The van der Waals surface area contributed by atoms with Gasteiger partial charge in [-0.05, 0) is 79.3 Å². The van der Waals surface area contributed by atoms with Crippen LogP contribution in [0.5, 0.6) is 0 Å². The van der Waals surface area contributed by atoms with E-state index in [2.05, 4.69) is 29.0 Å². The Balaban J connectivity index is 0.00000363. The van der Waals surface area contributed by atoms with Crippen molar-refractivity contribution in [2.75, 3.05) is 6.54 Å². The molecular weight excluding hydrogens is 457 g/mol. The van der Waals surface area contributed by atoms with Crippen LogP contribution in [-0.2, 0) is 21.2 Å². The zero-order chi connectivity index (χ0) is 22.3. The monoisotopic (exact) mass is 485 g/mol. The molecule has 0 radical (unpaired) electrons. The van der Waals surface area contributed by atoms with E-state index in [-0.39, 0.29) is 46.8 Å². The summed E-state index contributed by atoms with van der Waals surface area (Å²) in [6, 6.07) is 14.5. The summed E-state index contributed by atoms with van der Waals surface area (Å²) in [6.07, 6.45) is 8.40. The molecule has 2 atom stereocenters. The van der Waals surface area contributed by atoms with E-state index in [1.54, 1.807) is 12.1 Å². The number of halogens is 1. The van der Waals surface area contributed by atoms with Crippen LogP contribution in [0.2, 0.25) is 5.02 Å². The summed E-state index contributed by atoms with van der Waals surface area (Å²) in [7, 11) is -3.57. The molecule has 8 heteroatoms. The van der Waals surface area contributed by atoms with Gasteiger partial charge in [0.25, 0.3) is 0 Å². The van der Waals surface area contributed by atoms with Crippen LogP contribution in [0.15, 0.2) is 65.6 Å². The van der Waals surface area contributed by atoms with Crippen molar-refractivity contribution >= 4 is 57.2 Å². The molecule has 0 amide bonds. The van der Waals surface area contributed by atoms with Crippen molar-refractivity contribution < 1.29 is 18.3 Å². The summed E-state index contributed by atoms with van der Waals surface area (Å²) in [4.78, 5) is 10.8. The van der Waals surface area contributed by atoms with Crippen molar-refractivity contribution in [3.05, 3.63) is 76.8 Å². The van der Waals surface area contributed by atoms with Crippen LogP contribution >= 0.6 is 11.6 Å². The summed E-state index contributed by atoms with van der Waals surface area (Å²) in [5, 5.41) is 9.22. The van der Waals surface area contributed by atoms with Gasteiger partial charge in [-0.25, -0.2) is 13.1 Å². The topological polar surface area (TPSA) is 83.5 Å². The third-order valence-electron chi connectivity index (χ3n) is 5.74. The summed E-state index contributed by atoms with van der Waals surface area (Å²) in [5.74, 6) is -0.0679. The van der Waals surface area contributed by atoms with Crippen molar-refractivity contribution in [3.63, 3.8) is 0 Å². The van der Waals surface area contributed by atoms with Crippen molar-refractivity contribution in [2.24, 2.45) is 5.92 Å². The minimum absolute atomic E-state index is 0. The number of sulfonamides is 1. The molecule has 168 valence electrons. The summed E-state index contributed by atoms with van der Waals surface area (Å²) in [5.41, 5.74) is 2.63. The SMILES string of the molecule is O=C(O)CCC/C=C\CC1Cc2ccccc2C1CCNS(=O)(=O)c1ccc(Cl)cc1.[NaH]. The van der Waals surface area contributed by atoms with E-state index < -0.39 is 16.0 Å². The molecule has 0 fully saturated rings. The maximum absolute atomic E-state index is 12.6. The normalized spacial score (nSPS) is 17.8.